The predicted molar refractivity (Wildman–Crippen MR) is 79.6 cm³/mol. The molecule has 0 saturated carbocycles. The second-order valence-electron chi connectivity index (χ2n) is 4.69. The molecule has 0 aliphatic carbocycles. The van der Waals surface area contributed by atoms with Crippen LogP contribution in [-0.4, -0.2) is 29.3 Å². The zero-order chi connectivity index (χ0) is 13.9. The van der Waals surface area contributed by atoms with E-state index >= 15 is 0 Å². The molecule has 0 aliphatic rings. The lowest BCUT2D eigenvalue weighted by Crippen LogP contribution is -2.10. The summed E-state index contributed by atoms with van der Waals surface area (Å²) in [6, 6.07) is 9.56. The number of benzene rings is 1. The van der Waals surface area contributed by atoms with Crippen molar-refractivity contribution in [3.63, 3.8) is 0 Å². The van der Waals surface area contributed by atoms with Gasteiger partial charge in [0.1, 0.15) is 5.69 Å². The van der Waals surface area contributed by atoms with E-state index in [4.69, 9.17) is 0 Å². The average molecular weight is 275 g/mol. The fourth-order valence-corrected chi connectivity index (χ4v) is 3.61. The van der Waals surface area contributed by atoms with Gasteiger partial charge in [-0.2, -0.15) is 0 Å². The third kappa shape index (κ3) is 3.10. The predicted octanol–water partition coefficient (Wildman–Crippen LogP) is 3.82. The Balaban J connectivity index is 2.29. The van der Waals surface area contributed by atoms with Crippen LogP contribution in [0.4, 0.5) is 0 Å². The summed E-state index contributed by atoms with van der Waals surface area (Å²) in [6.45, 7) is 3.76. The Bertz CT molecular complexity index is 643. The number of ketones is 1. The number of nitrogens with zero attached hydrogens (tertiary/aromatic N) is 1. The summed E-state index contributed by atoms with van der Waals surface area (Å²) in [7, 11) is -2.35. The zero-order valence-electron chi connectivity index (χ0n) is 11.3. The van der Waals surface area contributed by atoms with E-state index < -0.39 is 7.14 Å². The van der Waals surface area contributed by atoms with E-state index in [1.165, 1.54) is 0 Å². The number of fused-ring (bicyclic) bond motifs is 1. The average Bonchev–Trinajstić information content (AvgIpc) is 2.46. The van der Waals surface area contributed by atoms with Crippen LogP contribution in [-0.2, 0) is 4.57 Å². The van der Waals surface area contributed by atoms with Crippen molar-refractivity contribution >= 4 is 23.7 Å². The third-order valence-electron chi connectivity index (χ3n) is 3.50. The smallest absolute Gasteiger partial charge is 0.188 e. The molecule has 0 radical (unpaired) electrons. The van der Waals surface area contributed by atoms with Gasteiger partial charge in [-0.15, -0.1) is 0 Å². The highest BCUT2D eigenvalue weighted by Crippen LogP contribution is 2.44. The van der Waals surface area contributed by atoms with Gasteiger partial charge in [-0.05, 0) is 23.8 Å². The van der Waals surface area contributed by atoms with Gasteiger partial charge in [-0.3, -0.25) is 9.78 Å². The molecule has 2 aromatic rings. The molecule has 1 aromatic carbocycles. The summed E-state index contributed by atoms with van der Waals surface area (Å²) < 4.78 is 12.3. The second-order valence-corrected chi connectivity index (χ2v) is 8.39. The molecular formula is C15H18NO2P. The lowest BCUT2D eigenvalue weighted by atomic mass is 10.1. The van der Waals surface area contributed by atoms with Crippen LogP contribution in [0.25, 0.3) is 10.8 Å². The van der Waals surface area contributed by atoms with Gasteiger partial charge in [0.2, 0.25) is 0 Å². The van der Waals surface area contributed by atoms with Gasteiger partial charge in [0.05, 0.1) is 13.3 Å². The van der Waals surface area contributed by atoms with Crippen LogP contribution in [0.1, 0.15) is 24.3 Å². The van der Waals surface area contributed by atoms with Crippen molar-refractivity contribution in [2.75, 3.05) is 18.5 Å². The van der Waals surface area contributed by atoms with E-state index in [2.05, 4.69) is 4.98 Å². The van der Waals surface area contributed by atoms with E-state index in [1.54, 1.807) is 12.3 Å². The Morgan fingerprint density at radius 3 is 2.42 bits per heavy atom. The van der Waals surface area contributed by atoms with Crippen LogP contribution in [0.5, 0.6) is 0 Å². The summed E-state index contributed by atoms with van der Waals surface area (Å²) in [5.41, 5.74) is 0.417. The van der Waals surface area contributed by atoms with E-state index in [-0.39, 0.29) is 11.9 Å². The first-order chi connectivity index (χ1) is 9.08. The summed E-state index contributed by atoms with van der Waals surface area (Å²) >= 11 is 0. The molecule has 0 spiro atoms. The summed E-state index contributed by atoms with van der Waals surface area (Å²) in [4.78, 5) is 16.4. The van der Waals surface area contributed by atoms with Crippen molar-refractivity contribution in [1.82, 2.24) is 4.98 Å². The number of hydrogen-bond donors (Lipinski definition) is 0. The Hall–Kier alpha value is -1.47. The Labute approximate surface area is 113 Å². The van der Waals surface area contributed by atoms with Gasteiger partial charge >= 0.3 is 0 Å². The summed E-state index contributed by atoms with van der Waals surface area (Å²) in [5, 5.41) is 2.00. The highest BCUT2D eigenvalue weighted by atomic mass is 31.2. The molecule has 2 rings (SSSR count). The van der Waals surface area contributed by atoms with Gasteiger partial charge in [0, 0.05) is 11.6 Å². The van der Waals surface area contributed by atoms with Crippen LogP contribution in [0, 0.1) is 0 Å². The normalized spacial score (nSPS) is 11.7. The fourth-order valence-electron chi connectivity index (χ4n) is 2.03. The molecule has 0 fully saturated rings. The summed E-state index contributed by atoms with van der Waals surface area (Å²) in [5.74, 6) is -0.113. The maximum atomic E-state index is 12.3. The van der Waals surface area contributed by atoms with Crippen molar-refractivity contribution in [2.45, 2.75) is 13.8 Å². The standard InChI is InChI=1S/C15H18NO2P/c1-3-19(18,4-2)11-15(17)14-9-12-7-5-6-8-13(12)10-16-14/h5-10H,3-4,11H2,1-2H3. The van der Waals surface area contributed by atoms with Crippen molar-refractivity contribution in [3.05, 3.63) is 42.2 Å². The van der Waals surface area contributed by atoms with E-state index in [0.29, 0.717) is 18.0 Å². The van der Waals surface area contributed by atoms with Gasteiger partial charge in [-0.25, -0.2) is 0 Å². The van der Waals surface area contributed by atoms with Crippen LogP contribution < -0.4 is 0 Å². The number of carbonyl (C=O) groups is 1. The molecule has 0 atom stereocenters. The molecule has 0 unspecified atom stereocenters. The van der Waals surface area contributed by atoms with E-state index in [0.717, 1.165) is 10.8 Å². The molecule has 3 nitrogen and oxygen atoms in total. The first kappa shape index (κ1) is 14.0. The van der Waals surface area contributed by atoms with Crippen LogP contribution >= 0.6 is 7.14 Å². The SMILES string of the molecule is CCP(=O)(CC)CC(=O)c1cc2ccccc2cn1. The second kappa shape index (κ2) is 5.66. The number of hydrogen-bond acceptors (Lipinski definition) is 3. The van der Waals surface area contributed by atoms with Crippen LogP contribution in [0.15, 0.2) is 36.5 Å². The molecule has 1 aromatic heterocycles. The number of Topliss-reactive ketones (excluding diaryl/α,β-unsaturated/α-hetero) is 1. The van der Waals surface area contributed by atoms with Gasteiger partial charge in [-0.1, -0.05) is 38.1 Å². The molecule has 0 amide bonds. The lowest BCUT2D eigenvalue weighted by molar-refractivity contribution is 0.101. The summed E-state index contributed by atoms with van der Waals surface area (Å²) in [6.07, 6.45) is 2.97. The van der Waals surface area contributed by atoms with Crippen LogP contribution in [0.2, 0.25) is 0 Å². The zero-order valence-corrected chi connectivity index (χ0v) is 12.2. The first-order valence-corrected chi connectivity index (χ1v) is 8.79. The Morgan fingerprint density at radius 1 is 1.16 bits per heavy atom. The van der Waals surface area contributed by atoms with Crippen molar-refractivity contribution in [3.8, 4) is 0 Å². The topological polar surface area (TPSA) is 47.0 Å². The maximum Gasteiger partial charge on any atom is 0.188 e. The van der Waals surface area contributed by atoms with E-state index in [9.17, 15) is 9.36 Å². The molecule has 100 valence electrons. The minimum absolute atomic E-state index is 0.113. The monoisotopic (exact) mass is 275 g/mol. The van der Waals surface area contributed by atoms with Gasteiger partial charge in [0.25, 0.3) is 0 Å². The number of pyridine rings is 1. The Kier molecular flexibility index (Phi) is 4.16. The minimum Gasteiger partial charge on any atom is -0.323 e. The third-order valence-corrected chi connectivity index (χ3v) is 6.67. The molecular weight excluding hydrogens is 257 g/mol. The number of carbonyl (C=O) groups excluding carboxylic acids is 1. The van der Waals surface area contributed by atoms with Crippen molar-refractivity contribution in [2.24, 2.45) is 0 Å². The van der Waals surface area contributed by atoms with Gasteiger partial charge < -0.3 is 4.57 Å². The Morgan fingerprint density at radius 2 is 1.79 bits per heavy atom. The number of aromatic nitrogens is 1. The van der Waals surface area contributed by atoms with Crippen LogP contribution in [0.3, 0.4) is 0 Å². The molecule has 0 N–H and O–H groups in total. The largest absolute Gasteiger partial charge is 0.323 e. The van der Waals surface area contributed by atoms with Gasteiger partial charge in [0.15, 0.2) is 5.78 Å². The molecule has 0 saturated heterocycles. The molecule has 4 heteroatoms. The number of rotatable bonds is 5. The molecule has 1 heterocycles. The van der Waals surface area contributed by atoms with Crippen molar-refractivity contribution in [1.29, 1.82) is 0 Å². The first-order valence-electron chi connectivity index (χ1n) is 6.53. The van der Waals surface area contributed by atoms with Crippen molar-refractivity contribution < 1.29 is 9.36 Å². The maximum absolute atomic E-state index is 12.3. The highest BCUT2D eigenvalue weighted by Gasteiger charge is 2.23. The minimum atomic E-state index is -2.35. The molecule has 19 heavy (non-hydrogen) atoms. The molecule has 0 bridgehead atoms. The fraction of sp³-hybridized carbons (Fsp3) is 0.333. The van der Waals surface area contributed by atoms with E-state index in [1.807, 2.05) is 38.1 Å². The highest BCUT2D eigenvalue weighted by molar-refractivity contribution is 7.64. The lowest BCUT2D eigenvalue weighted by Gasteiger charge is -2.12. The molecule has 0 aliphatic heterocycles. The quantitative estimate of drug-likeness (QED) is 0.615.